The van der Waals surface area contributed by atoms with E-state index in [4.69, 9.17) is 9.47 Å². The molecule has 1 heterocycles. The Morgan fingerprint density at radius 1 is 1.26 bits per heavy atom. The van der Waals surface area contributed by atoms with Crippen LogP contribution in [0.4, 0.5) is 5.69 Å². The van der Waals surface area contributed by atoms with Crippen LogP contribution in [0.2, 0.25) is 0 Å². The highest BCUT2D eigenvalue weighted by molar-refractivity contribution is 7.89. The molecule has 0 radical (unpaired) electrons. The predicted octanol–water partition coefficient (Wildman–Crippen LogP) is 1.45. The number of hydrogen-bond acceptors (Lipinski definition) is 5. The second-order valence-electron chi connectivity index (χ2n) is 5.34. The number of nitrogens with one attached hydrogen (secondary N) is 1. The Hall–Kier alpha value is -1.64. The summed E-state index contributed by atoms with van der Waals surface area (Å²) in [6.07, 6.45) is 1.13. The number of sulfonamides is 1. The molecule has 1 amide bonds. The van der Waals surface area contributed by atoms with Gasteiger partial charge in [-0.25, -0.2) is 8.42 Å². The minimum Gasteiger partial charge on any atom is -0.495 e. The molecule has 1 N–H and O–H groups in total. The second kappa shape index (κ2) is 7.29. The molecular formula is C15H22N2O5S. The van der Waals surface area contributed by atoms with E-state index in [0.717, 1.165) is 12.8 Å². The van der Waals surface area contributed by atoms with Gasteiger partial charge in [0.2, 0.25) is 10.0 Å². The first-order valence-electron chi connectivity index (χ1n) is 7.42. The summed E-state index contributed by atoms with van der Waals surface area (Å²) in [5, 5.41) is 2.66. The van der Waals surface area contributed by atoms with Crippen molar-refractivity contribution in [2.75, 3.05) is 32.6 Å². The number of benzene rings is 1. The highest BCUT2D eigenvalue weighted by Crippen LogP contribution is 2.31. The van der Waals surface area contributed by atoms with E-state index in [1.54, 1.807) is 13.0 Å². The van der Waals surface area contributed by atoms with Crippen molar-refractivity contribution >= 4 is 21.6 Å². The minimum atomic E-state index is -3.58. The van der Waals surface area contributed by atoms with E-state index in [-0.39, 0.29) is 16.6 Å². The van der Waals surface area contributed by atoms with Crippen molar-refractivity contribution in [3.8, 4) is 5.75 Å². The average molecular weight is 342 g/mol. The number of ether oxygens (including phenoxy) is 2. The van der Waals surface area contributed by atoms with Crippen LogP contribution in [-0.4, -0.2) is 52.0 Å². The Labute approximate surface area is 136 Å². The van der Waals surface area contributed by atoms with Crippen LogP contribution in [0.1, 0.15) is 19.8 Å². The van der Waals surface area contributed by atoms with Crippen LogP contribution < -0.4 is 10.1 Å². The Morgan fingerprint density at radius 2 is 1.91 bits per heavy atom. The maximum Gasteiger partial charge on any atom is 0.253 e. The zero-order chi connectivity index (χ0) is 17.0. The van der Waals surface area contributed by atoms with Gasteiger partial charge in [-0.3, -0.25) is 4.79 Å². The molecule has 0 spiro atoms. The molecule has 128 valence electrons. The van der Waals surface area contributed by atoms with Gasteiger partial charge in [0.15, 0.2) is 0 Å². The summed E-state index contributed by atoms with van der Waals surface area (Å²) in [5.74, 6) is -0.107. The van der Waals surface area contributed by atoms with Crippen LogP contribution in [0, 0.1) is 0 Å². The molecule has 0 unspecified atom stereocenters. The first-order valence-corrected chi connectivity index (χ1v) is 8.86. The van der Waals surface area contributed by atoms with Crippen molar-refractivity contribution in [1.29, 1.82) is 0 Å². The molecule has 1 aliphatic heterocycles. The normalized spacial score (nSPS) is 17.0. The van der Waals surface area contributed by atoms with E-state index in [0.29, 0.717) is 18.8 Å². The molecule has 0 aromatic heterocycles. The van der Waals surface area contributed by atoms with Crippen molar-refractivity contribution in [2.45, 2.75) is 30.8 Å². The van der Waals surface area contributed by atoms with Gasteiger partial charge in [-0.05, 0) is 31.9 Å². The Morgan fingerprint density at radius 3 is 2.48 bits per heavy atom. The molecular weight excluding hydrogens is 320 g/mol. The van der Waals surface area contributed by atoms with E-state index in [1.807, 2.05) is 0 Å². The Bertz CT molecular complexity index is 668. The molecule has 0 saturated carbocycles. The largest absolute Gasteiger partial charge is 0.495 e. The van der Waals surface area contributed by atoms with Crippen LogP contribution in [0.3, 0.4) is 0 Å². The number of anilines is 1. The number of methoxy groups -OCH3 is 2. The second-order valence-corrected chi connectivity index (χ2v) is 7.25. The van der Waals surface area contributed by atoms with E-state index in [1.165, 1.54) is 30.7 Å². The van der Waals surface area contributed by atoms with Crippen molar-refractivity contribution in [3.63, 3.8) is 0 Å². The fourth-order valence-electron chi connectivity index (χ4n) is 2.38. The van der Waals surface area contributed by atoms with Gasteiger partial charge in [0.25, 0.3) is 5.91 Å². The molecule has 1 saturated heterocycles. The number of carbonyl (C=O) groups excluding carboxylic acids is 1. The SMILES string of the molecule is COc1cc(NC(=O)[C@@H](C)OC)ccc1S(=O)(=O)N1CCCC1. The molecule has 1 aromatic carbocycles. The topological polar surface area (TPSA) is 84.9 Å². The molecule has 23 heavy (non-hydrogen) atoms. The van der Waals surface area contributed by atoms with E-state index in [2.05, 4.69) is 5.32 Å². The molecule has 2 rings (SSSR count). The van der Waals surface area contributed by atoms with Crippen molar-refractivity contribution in [1.82, 2.24) is 4.31 Å². The van der Waals surface area contributed by atoms with Crippen LogP contribution in [-0.2, 0) is 19.6 Å². The van der Waals surface area contributed by atoms with Gasteiger partial charge in [-0.15, -0.1) is 0 Å². The maximum atomic E-state index is 12.6. The lowest BCUT2D eigenvalue weighted by molar-refractivity contribution is -0.124. The zero-order valence-electron chi connectivity index (χ0n) is 13.5. The molecule has 0 aliphatic carbocycles. The summed E-state index contributed by atoms with van der Waals surface area (Å²) in [7, 11) is -0.731. The van der Waals surface area contributed by atoms with Crippen LogP contribution in [0.15, 0.2) is 23.1 Å². The summed E-state index contributed by atoms with van der Waals surface area (Å²) in [4.78, 5) is 11.9. The third-order valence-corrected chi connectivity index (χ3v) is 5.77. The quantitative estimate of drug-likeness (QED) is 0.846. The first-order chi connectivity index (χ1) is 10.9. The summed E-state index contributed by atoms with van der Waals surface area (Å²) in [5.41, 5.74) is 0.455. The van der Waals surface area contributed by atoms with Crippen LogP contribution >= 0.6 is 0 Å². The highest BCUT2D eigenvalue weighted by atomic mass is 32.2. The number of hydrogen-bond donors (Lipinski definition) is 1. The Kier molecular flexibility index (Phi) is 5.61. The van der Waals surface area contributed by atoms with E-state index < -0.39 is 16.1 Å². The predicted molar refractivity (Wildman–Crippen MR) is 86.1 cm³/mol. The van der Waals surface area contributed by atoms with Crippen LogP contribution in [0.5, 0.6) is 5.75 Å². The fraction of sp³-hybridized carbons (Fsp3) is 0.533. The van der Waals surface area contributed by atoms with E-state index >= 15 is 0 Å². The van der Waals surface area contributed by atoms with Gasteiger partial charge in [-0.1, -0.05) is 0 Å². The number of nitrogens with zero attached hydrogens (tertiary/aromatic N) is 1. The number of amides is 1. The van der Waals surface area contributed by atoms with Gasteiger partial charge >= 0.3 is 0 Å². The summed E-state index contributed by atoms with van der Waals surface area (Å²) >= 11 is 0. The van der Waals surface area contributed by atoms with Gasteiger partial charge in [0, 0.05) is 32.0 Å². The summed E-state index contributed by atoms with van der Waals surface area (Å²) < 4.78 is 36.9. The van der Waals surface area contributed by atoms with Gasteiger partial charge < -0.3 is 14.8 Å². The lowest BCUT2D eigenvalue weighted by atomic mass is 10.2. The third kappa shape index (κ3) is 3.82. The van der Waals surface area contributed by atoms with Gasteiger partial charge in [0.05, 0.1) is 7.11 Å². The molecule has 7 nitrogen and oxygen atoms in total. The summed E-state index contributed by atoms with van der Waals surface area (Å²) in [6.45, 7) is 2.67. The molecule has 1 fully saturated rings. The molecule has 1 aromatic rings. The van der Waals surface area contributed by atoms with Gasteiger partial charge in [-0.2, -0.15) is 4.31 Å². The fourth-order valence-corrected chi connectivity index (χ4v) is 4.03. The summed E-state index contributed by atoms with van der Waals surface area (Å²) in [6, 6.07) is 4.51. The van der Waals surface area contributed by atoms with Gasteiger partial charge in [0.1, 0.15) is 16.7 Å². The smallest absolute Gasteiger partial charge is 0.253 e. The monoisotopic (exact) mass is 342 g/mol. The molecule has 8 heteroatoms. The molecule has 0 bridgehead atoms. The molecule has 1 atom stereocenters. The first kappa shape index (κ1) is 17.7. The van der Waals surface area contributed by atoms with Crippen molar-refractivity contribution in [2.24, 2.45) is 0 Å². The average Bonchev–Trinajstić information content (AvgIpc) is 3.08. The third-order valence-electron chi connectivity index (χ3n) is 3.84. The molecule has 1 aliphatic rings. The van der Waals surface area contributed by atoms with E-state index in [9.17, 15) is 13.2 Å². The maximum absolute atomic E-state index is 12.6. The van der Waals surface area contributed by atoms with Crippen molar-refractivity contribution in [3.05, 3.63) is 18.2 Å². The number of rotatable bonds is 6. The standard InChI is InChI=1S/C15H22N2O5S/c1-11(21-2)15(18)16-12-6-7-14(13(10-12)22-3)23(19,20)17-8-4-5-9-17/h6-7,10-11H,4-5,8-9H2,1-3H3,(H,16,18)/t11-/m1/s1. The number of carbonyl (C=O) groups is 1. The lowest BCUT2D eigenvalue weighted by Crippen LogP contribution is -2.28. The Balaban J connectivity index is 2.28. The van der Waals surface area contributed by atoms with Crippen LogP contribution in [0.25, 0.3) is 0 Å². The van der Waals surface area contributed by atoms with Crippen molar-refractivity contribution < 1.29 is 22.7 Å². The highest BCUT2D eigenvalue weighted by Gasteiger charge is 2.30. The zero-order valence-corrected chi connectivity index (χ0v) is 14.4. The minimum absolute atomic E-state index is 0.111. The lowest BCUT2D eigenvalue weighted by Gasteiger charge is -2.18.